The number of sulfonamides is 1. The molecule has 1 fully saturated rings. The molecule has 110 valence electrons. The van der Waals surface area contributed by atoms with Gasteiger partial charge in [0.1, 0.15) is 0 Å². The van der Waals surface area contributed by atoms with E-state index in [-0.39, 0.29) is 11.8 Å². The molecule has 1 saturated carbocycles. The van der Waals surface area contributed by atoms with E-state index < -0.39 is 21.2 Å². The van der Waals surface area contributed by atoms with Crippen LogP contribution in [0.15, 0.2) is 18.2 Å². The maximum Gasteiger partial charge on any atom is 0.237 e. The first kappa shape index (κ1) is 15.6. The van der Waals surface area contributed by atoms with Crippen LogP contribution in [0.4, 0.5) is 0 Å². The molecule has 4 nitrogen and oxygen atoms in total. The molecule has 0 heterocycles. The summed E-state index contributed by atoms with van der Waals surface area (Å²) in [5.74, 6) is -0.900. The van der Waals surface area contributed by atoms with Crippen molar-refractivity contribution < 1.29 is 13.2 Å². The Balaban J connectivity index is 2.09. The van der Waals surface area contributed by atoms with Crippen LogP contribution in [0.2, 0.25) is 10.0 Å². The van der Waals surface area contributed by atoms with Crippen molar-refractivity contribution in [3.63, 3.8) is 0 Å². The predicted molar refractivity (Wildman–Crippen MR) is 79.5 cm³/mol. The van der Waals surface area contributed by atoms with Crippen LogP contribution in [0.3, 0.4) is 0 Å². The van der Waals surface area contributed by atoms with E-state index in [4.69, 9.17) is 23.2 Å². The van der Waals surface area contributed by atoms with E-state index in [1.54, 1.807) is 12.1 Å². The zero-order valence-electron chi connectivity index (χ0n) is 11.1. The number of halogens is 2. The average Bonchev–Trinajstić information content (AvgIpc) is 3.12. The SMILES string of the molecule is CC(C)S(=O)(=O)NC(=O)[C@@H]1C[C@H]1c1cccc(Cl)c1Cl. The second kappa shape index (κ2) is 5.54. The van der Waals surface area contributed by atoms with E-state index in [0.717, 1.165) is 5.56 Å². The quantitative estimate of drug-likeness (QED) is 0.919. The summed E-state index contributed by atoms with van der Waals surface area (Å²) in [5.41, 5.74) is 0.793. The largest absolute Gasteiger partial charge is 0.274 e. The summed E-state index contributed by atoms with van der Waals surface area (Å²) in [6, 6.07) is 5.25. The van der Waals surface area contributed by atoms with Crippen molar-refractivity contribution >= 4 is 39.1 Å². The van der Waals surface area contributed by atoms with Gasteiger partial charge in [-0.1, -0.05) is 35.3 Å². The number of rotatable bonds is 4. The topological polar surface area (TPSA) is 63.2 Å². The van der Waals surface area contributed by atoms with Crippen LogP contribution in [0, 0.1) is 5.92 Å². The molecule has 7 heteroatoms. The third-order valence-electron chi connectivity index (χ3n) is 3.37. The fraction of sp³-hybridized carbons (Fsp3) is 0.462. The highest BCUT2D eigenvalue weighted by atomic mass is 35.5. The van der Waals surface area contributed by atoms with Gasteiger partial charge >= 0.3 is 0 Å². The zero-order valence-corrected chi connectivity index (χ0v) is 13.4. The maximum absolute atomic E-state index is 11.9. The van der Waals surface area contributed by atoms with Gasteiger partial charge < -0.3 is 0 Å². The molecular weight excluding hydrogens is 321 g/mol. The van der Waals surface area contributed by atoms with Crippen molar-refractivity contribution in [1.82, 2.24) is 4.72 Å². The van der Waals surface area contributed by atoms with E-state index in [1.165, 1.54) is 13.8 Å². The summed E-state index contributed by atoms with van der Waals surface area (Å²) >= 11 is 12.0. The number of hydrogen-bond acceptors (Lipinski definition) is 3. The maximum atomic E-state index is 11.9. The lowest BCUT2D eigenvalue weighted by atomic mass is 10.1. The first-order chi connectivity index (χ1) is 9.24. The Morgan fingerprint density at radius 2 is 2.00 bits per heavy atom. The Kier molecular flexibility index (Phi) is 4.33. The third-order valence-corrected chi connectivity index (χ3v) is 5.93. The molecule has 2 rings (SSSR count). The molecule has 0 bridgehead atoms. The van der Waals surface area contributed by atoms with Gasteiger partial charge in [0.05, 0.1) is 15.3 Å². The van der Waals surface area contributed by atoms with Crippen molar-refractivity contribution in [2.45, 2.75) is 31.4 Å². The van der Waals surface area contributed by atoms with Crippen LogP contribution in [0.25, 0.3) is 0 Å². The molecule has 0 spiro atoms. The number of benzene rings is 1. The molecule has 0 saturated heterocycles. The van der Waals surface area contributed by atoms with Crippen LogP contribution in [-0.4, -0.2) is 19.6 Å². The fourth-order valence-electron chi connectivity index (χ4n) is 1.97. The van der Waals surface area contributed by atoms with Crippen molar-refractivity contribution in [2.75, 3.05) is 0 Å². The van der Waals surface area contributed by atoms with Gasteiger partial charge in [0, 0.05) is 5.92 Å². The molecule has 0 aliphatic heterocycles. The minimum Gasteiger partial charge on any atom is -0.274 e. The lowest BCUT2D eigenvalue weighted by Crippen LogP contribution is -2.36. The first-order valence-corrected chi connectivity index (χ1v) is 8.53. The number of hydrogen-bond donors (Lipinski definition) is 1. The Hall–Kier alpha value is -0.780. The van der Waals surface area contributed by atoms with Gasteiger partial charge in [0.25, 0.3) is 0 Å². The number of amides is 1. The molecule has 1 aromatic carbocycles. The normalized spacial score (nSPS) is 21.9. The summed E-state index contributed by atoms with van der Waals surface area (Å²) in [7, 11) is -3.58. The molecule has 0 radical (unpaired) electrons. The highest BCUT2D eigenvalue weighted by Gasteiger charge is 2.46. The van der Waals surface area contributed by atoms with Gasteiger partial charge in [0.2, 0.25) is 15.9 Å². The Morgan fingerprint density at radius 3 is 2.60 bits per heavy atom. The van der Waals surface area contributed by atoms with E-state index in [1.807, 2.05) is 6.07 Å². The van der Waals surface area contributed by atoms with E-state index in [0.29, 0.717) is 16.5 Å². The zero-order chi connectivity index (χ0) is 15.1. The van der Waals surface area contributed by atoms with Gasteiger partial charge in [-0.15, -0.1) is 0 Å². The van der Waals surface area contributed by atoms with Crippen LogP contribution in [-0.2, 0) is 14.8 Å². The van der Waals surface area contributed by atoms with Gasteiger partial charge in [-0.05, 0) is 37.8 Å². The van der Waals surface area contributed by atoms with Gasteiger partial charge in [-0.25, -0.2) is 8.42 Å². The van der Waals surface area contributed by atoms with Crippen LogP contribution >= 0.6 is 23.2 Å². The first-order valence-electron chi connectivity index (χ1n) is 6.23. The molecule has 1 N–H and O–H groups in total. The fourth-order valence-corrected chi connectivity index (χ4v) is 3.08. The summed E-state index contributed by atoms with van der Waals surface area (Å²) in [5, 5.41) is 0.226. The standard InChI is InChI=1S/C13H15Cl2NO3S/c1-7(2)20(18,19)16-13(17)10-6-9(10)8-4-3-5-11(14)12(8)15/h3-5,7,9-10H,6H2,1-2H3,(H,16,17)/t9-,10+/m0/s1. The molecule has 0 unspecified atom stereocenters. The Morgan fingerprint density at radius 1 is 1.35 bits per heavy atom. The van der Waals surface area contributed by atoms with Crippen molar-refractivity contribution in [1.29, 1.82) is 0 Å². The summed E-state index contributed by atoms with van der Waals surface area (Å²) < 4.78 is 25.4. The molecule has 1 aliphatic rings. The van der Waals surface area contributed by atoms with Gasteiger partial charge in [-0.2, -0.15) is 0 Å². The Labute approximate surface area is 128 Å². The minimum atomic E-state index is -3.58. The van der Waals surface area contributed by atoms with Crippen LogP contribution < -0.4 is 4.72 Å². The molecule has 0 aromatic heterocycles. The monoisotopic (exact) mass is 335 g/mol. The summed E-state index contributed by atoms with van der Waals surface area (Å²) in [6.45, 7) is 3.04. The molecular formula is C13H15Cl2NO3S. The lowest BCUT2D eigenvalue weighted by Gasteiger charge is -2.09. The molecule has 20 heavy (non-hydrogen) atoms. The van der Waals surface area contributed by atoms with E-state index in [9.17, 15) is 13.2 Å². The number of nitrogens with one attached hydrogen (secondary N) is 1. The minimum absolute atomic E-state index is 0.0661. The summed E-state index contributed by atoms with van der Waals surface area (Å²) in [4.78, 5) is 11.9. The summed E-state index contributed by atoms with van der Waals surface area (Å²) in [6.07, 6.45) is 0.583. The molecule has 1 aliphatic carbocycles. The van der Waals surface area contributed by atoms with E-state index in [2.05, 4.69) is 4.72 Å². The van der Waals surface area contributed by atoms with E-state index >= 15 is 0 Å². The average molecular weight is 336 g/mol. The molecule has 1 amide bonds. The highest BCUT2D eigenvalue weighted by Crippen LogP contribution is 2.50. The Bertz CT molecular complexity index is 643. The van der Waals surface area contributed by atoms with Crippen molar-refractivity contribution in [3.05, 3.63) is 33.8 Å². The van der Waals surface area contributed by atoms with Crippen LogP contribution in [0.1, 0.15) is 31.7 Å². The molecule has 2 atom stereocenters. The highest BCUT2D eigenvalue weighted by molar-refractivity contribution is 7.90. The predicted octanol–water partition coefficient (Wildman–Crippen LogP) is 2.95. The molecule has 1 aromatic rings. The third kappa shape index (κ3) is 3.10. The smallest absolute Gasteiger partial charge is 0.237 e. The number of carbonyl (C=O) groups excluding carboxylic acids is 1. The second-order valence-corrected chi connectivity index (χ2v) is 8.17. The van der Waals surface area contributed by atoms with Gasteiger partial charge in [-0.3, -0.25) is 9.52 Å². The second-order valence-electron chi connectivity index (χ2n) is 5.15. The van der Waals surface area contributed by atoms with Crippen molar-refractivity contribution in [2.24, 2.45) is 5.92 Å². The van der Waals surface area contributed by atoms with Crippen molar-refractivity contribution in [3.8, 4) is 0 Å². The number of carbonyl (C=O) groups is 1. The lowest BCUT2D eigenvalue weighted by molar-refractivity contribution is -0.120. The van der Waals surface area contributed by atoms with Crippen LogP contribution in [0.5, 0.6) is 0 Å². The van der Waals surface area contributed by atoms with Gasteiger partial charge in [0.15, 0.2) is 0 Å².